The molecule has 3 rings (SSSR count). The molecule has 0 aromatic heterocycles. The van der Waals surface area contributed by atoms with Crippen LogP contribution in [-0.2, 0) is 9.59 Å². The van der Waals surface area contributed by atoms with Gasteiger partial charge in [0.15, 0.2) is 6.61 Å². The topological polar surface area (TPSA) is 70.7 Å². The van der Waals surface area contributed by atoms with Crippen LogP contribution in [0.4, 0.5) is 11.4 Å². The first kappa shape index (κ1) is 16.0. The van der Waals surface area contributed by atoms with Crippen LogP contribution >= 0.6 is 0 Å². The molecule has 0 fully saturated rings. The Balaban J connectivity index is 1.81. The van der Waals surface area contributed by atoms with E-state index in [-0.39, 0.29) is 18.4 Å². The minimum atomic E-state index is -0.409. The van der Waals surface area contributed by atoms with Crippen molar-refractivity contribution in [3.05, 3.63) is 54.1 Å². The van der Waals surface area contributed by atoms with Gasteiger partial charge in [0.25, 0.3) is 5.91 Å². The Morgan fingerprint density at radius 2 is 1.96 bits per heavy atom. The van der Waals surface area contributed by atoms with Gasteiger partial charge >= 0.3 is 0 Å². The minimum absolute atomic E-state index is 0.00934. The molecule has 1 atom stereocenters. The van der Waals surface area contributed by atoms with Crippen LogP contribution in [0, 0.1) is 0 Å². The lowest BCUT2D eigenvalue weighted by molar-refractivity contribution is -0.120. The zero-order valence-corrected chi connectivity index (χ0v) is 13.6. The normalized spacial score (nSPS) is 14.4. The highest BCUT2D eigenvalue weighted by Crippen LogP contribution is 2.31. The zero-order chi connectivity index (χ0) is 17.1. The number of ether oxygens (including phenoxy) is 1. The Kier molecular flexibility index (Phi) is 4.48. The molecule has 2 N–H and O–H groups in total. The lowest BCUT2D eigenvalue weighted by Gasteiger charge is -2.24. The van der Waals surface area contributed by atoms with Gasteiger partial charge in [-0.05, 0) is 37.9 Å². The number of benzene rings is 2. The number of carbonyl (C=O) groups excluding carboxylic acids is 2. The Morgan fingerprint density at radius 3 is 2.67 bits per heavy atom. The fourth-order valence-electron chi connectivity index (χ4n) is 2.69. The fraction of sp³-hybridized carbons (Fsp3) is 0.222. The maximum Gasteiger partial charge on any atom is 0.262 e. The van der Waals surface area contributed by atoms with E-state index in [1.165, 1.54) is 0 Å². The molecule has 1 unspecified atom stereocenters. The van der Waals surface area contributed by atoms with Gasteiger partial charge in [0, 0.05) is 5.69 Å². The van der Waals surface area contributed by atoms with Crippen LogP contribution in [-0.4, -0.2) is 37.4 Å². The molecule has 2 aromatic rings. The molecule has 0 radical (unpaired) electrons. The number of anilines is 2. The van der Waals surface area contributed by atoms with Crippen LogP contribution in [0.3, 0.4) is 0 Å². The molecular formula is C18H19N3O3. The van der Waals surface area contributed by atoms with E-state index in [0.717, 1.165) is 5.56 Å². The third kappa shape index (κ3) is 3.38. The molecule has 0 spiro atoms. The Morgan fingerprint density at radius 1 is 1.21 bits per heavy atom. The van der Waals surface area contributed by atoms with E-state index in [2.05, 4.69) is 10.6 Å². The average Bonchev–Trinajstić information content (AvgIpc) is 2.55. The summed E-state index contributed by atoms with van der Waals surface area (Å²) < 4.78 is 5.32. The second-order valence-corrected chi connectivity index (χ2v) is 5.81. The molecule has 1 heterocycles. The van der Waals surface area contributed by atoms with Gasteiger partial charge in [-0.25, -0.2) is 0 Å². The molecule has 6 heteroatoms. The zero-order valence-electron chi connectivity index (χ0n) is 13.6. The minimum Gasteiger partial charge on any atom is -0.482 e. The summed E-state index contributed by atoms with van der Waals surface area (Å²) in [6.45, 7) is 0.00934. The van der Waals surface area contributed by atoms with Gasteiger partial charge in [0.1, 0.15) is 11.8 Å². The second kappa shape index (κ2) is 6.72. The number of hydrogen-bond acceptors (Lipinski definition) is 4. The SMILES string of the molecule is CN(C)C(C(=O)Nc1ccc2c(c1)NC(=O)CO2)c1ccccc1. The first-order valence-corrected chi connectivity index (χ1v) is 7.63. The number of hydrogen-bond donors (Lipinski definition) is 2. The standard InChI is InChI=1S/C18H19N3O3/c1-21(2)17(12-6-4-3-5-7-12)18(23)19-13-8-9-15-14(10-13)20-16(22)11-24-15/h3-10,17H,11H2,1-2H3,(H,19,23)(H,20,22). The summed E-state index contributed by atoms with van der Waals surface area (Å²) in [7, 11) is 3.72. The molecular weight excluding hydrogens is 306 g/mol. The number of fused-ring (bicyclic) bond motifs is 1. The lowest BCUT2D eigenvalue weighted by Crippen LogP contribution is -2.32. The van der Waals surface area contributed by atoms with E-state index in [1.54, 1.807) is 18.2 Å². The van der Waals surface area contributed by atoms with Crippen LogP contribution in [0.25, 0.3) is 0 Å². The number of likely N-dealkylation sites (N-methyl/N-ethyl adjacent to an activating group) is 1. The highest BCUT2D eigenvalue weighted by Gasteiger charge is 2.23. The van der Waals surface area contributed by atoms with Crippen LogP contribution in [0.1, 0.15) is 11.6 Å². The summed E-state index contributed by atoms with van der Waals surface area (Å²) >= 11 is 0. The van der Waals surface area contributed by atoms with Gasteiger partial charge in [0.05, 0.1) is 5.69 Å². The lowest BCUT2D eigenvalue weighted by atomic mass is 10.1. The first-order chi connectivity index (χ1) is 11.5. The molecule has 2 amide bonds. The van der Waals surface area contributed by atoms with Crippen molar-refractivity contribution in [2.45, 2.75) is 6.04 Å². The molecule has 1 aliphatic rings. The summed E-state index contributed by atoms with van der Waals surface area (Å²) in [5, 5.41) is 5.63. The molecule has 1 aliphatic heterocycles. The molecule has 2 aromatic carbocycles. The van der Waals surface area contributed by atoms with Crippen molar-refractivity contribution in [1.29, 1.82) is 0 Å². The largest absolute Gasteiger partial charge is 0.482 e. The summed E-state index contributed by atoms with van der Waals surface area (Å²) in [5.41, 5.74) is 2.08. The van der Waals surface area contributed by atoms with Crippen LogP contribution in [0.2, 0.25) is 0 Å². The van der Waals surface area contributed by atoms with E-state index in [1.807, 2.05) is 49.3 Å². The van der Waals surface area contributed by atoms with Crippen molar-refractivity contribution >= 4 is 23.2 Å². The maximum atomic E-state index is 12.7. The van der Waals surface area contributed by atoms with E-state index < -0.39 is 6.04 Å². The molecule has 0 aliphatic carbocycles. The highest BCUT2D eigenvalue weighted by molar-refractivity contribution is 5.99. The average molecular weight is 325 g/mol. The van der Waals surface area contributed by atoms with E-state index >= 15 is 0 Å². The predicted octanol–water partition coefficient (Wildman–Crippen LogP) is 2.26. The maximum absolute atomic E-state index is 12.7. The van der Waals surface area contributed by atoms with Gasteiger partial charge in [-0.15, -0.1) is 0 Å². The molecule has 124 valence electrons. The Labute approximate surface area is 140 Å². The molecule has 24 heavy (non-hydrogen) atoms. The smallest absolute Gasteiger partial charge is 0.262 e. The predicted molar refractivity (Wildman–Crippen MR) is 92.1 cm³/mol. The van der Waals surface area contributed by atoms with Crippen molar-refractivity contribution in [2.75, 3.05) is 31.3 Å². The van der Waals surface area contributed by atoms with E-state index in [4.69, 9.17) is 4.74 Å². The number of amides is 2. The van der Waals surface area contributed by atoms with Gasteiger partial charge < -0.3 is 15.4 Å². The Bertz CT molecular complexity index is 759. The van der Waals surface area contributed by atoms with Crippen LogP contribution in [0.5, 0.6) is 5.75 Å². The van der Waals surface area contributed by atoms with Gasteiger partial charge in [0.2, 0.25) is 5.91 Å². The van der Waals surface area contributed by atoms with Crippen LogP contribution < -0.4 is 15.4 Å². The molecule has 6 nitrogen and oxygen atoms in total. The third-order valence-corrected chi connectivity index (χ3v) is 3.76. The number of rotatable bonds is 4. The number of nitrogens with zero attached hydrogens (tertiary/aromatic N) is 1. The van der Waals surface area contributed by atoms with Gasteiger partial charge in [-0.2, -0.15) is 0 Å². The van der Waals surface area contributed by atoms with Gasteiger partial charge in [-0.3, -0.25) is 14.5 Å². The second-order valence-electron chi connectivity index (χ2n) is 5.81. The van der Waals surface area contributed by atoms with Crippen molar-refractivity contribution < 1.29 is 14.3 Å². The van der Waals surface area contributed by atoms with Crippen molar-refractivity contribution in [3.8, 4) is 5.75 Å². The van der Waals surface area contributed by atoms with Crippen LogP contribution in [0.15, 0.2) is 48.5 Å². The van der Waals surface area contributed by atoms with E-state index in [9.17, 15) is 9.59 Å². The fourth-order valence-corrected chi connectivity index (χ4v) is 2.69. The molecule has 0 bridgehead atoms. The molecule has 0 saturated carbocycles. The van der Waals surface area contributed by atoms with Gasteiger partial charge in [-0.1, -0.05) is 30.3 Å². The third-order valence-electron chi connectivity index (χ3n) is 3.76. The molecule has 0 saturated heterocycles. The van der Waals surface area contributed by atoms with Crippen molar-refractivity contribution in [2.24, 2.45) is 0 Å². The van der Waals surface area contributed by atoms with Crippen molar-refractivity contribution in [1.82, 2.24) is 4.90 Å². The van der Waals surface area contributed by atoms with Crippen molar-refractivity contribution in [3.63, 3.8) is 0 Å². The summed E-state index contributed by atoms with van der Waals surface area (Å²) in [5.74, 6) is 0.246. The van der Waals surface area contributed by atoms with E-state index in [0.29, 0.717) is 17.1 Å². The number of nitrogens with one attached hydrogen (secondary N) is 2. The highest BCUT2D eigenvalue weighted by atomic mass is 16.5. The summed E-state index contributed by atoms with van der Waals surface area (Å²) in [6.07, 6.45) is 0. The summed E-state index contributed by atoms with van der Waals surface area (Å²) in [6, 6.07) is 14.4. The number of carbonyl (C=O) groups is 2. The summed E-state index contributed by atoms with van der Waals surface area (Å²) in [4.78, 5) is 26.0. The monoisotopic (exact) mass is 325 g/mol. The quantitative estimate of drug-likeness (QED) is 0.904. The first-order valence-electron chi connectivity index (χ1n) is 7.63. The Hall–Kier alpha value is -2.86.